The number of amides is 1. The predicted molar refractivity (Wildman–Crippen MR) is 116 cm³/mol. The summed E-state index contributed by atoms with van der Waals surface area (Å²) in [5, 5.41) is 3.46. The molecule has 4 heterocycles. The number of rotatable bonds is 4. The fraction of sp³-hybridized carbons (Fsp3) is 0.304. The van der Waals surface area contributed by atoms with E-state index in [0.717, 1.165) is 41.8 Å². The first-order valence-corrected chi connectivity index (χ1v) is 10.4. The minimum absolute atomic E-state index is 0.0597. The summed E-state index contributed by atoms with van der Waals surface area (Å²) in [5.41, 5.74) is 3.44. The molecule has 1 saturated heterocycles. The van der Waals surface area contributed by atoms with Gasteiger partial charge in [-0.05, 0) is 37.1 Å². The van der Waals surface area contributed by atoms with Crippen molar-refractivity contribution in [2.45, 2.75) is 25.8 Å². The number of benzene rings is 1. The van der Waals surface area contributed by atoms with Crippen LogP contribution in [0.5, 0.6) is 0 Å². The molecule has 2 aliphatic rings. The van der Waals surface area contributed by atoms with Gasteiger partial charge in [0.05, 0.1) is 12.2 Å². The summed E-state index contributed by atoms with van der Waals surface area (Å²) < 4.78 is 0. The molecule has 1 amide bonds. The largest absolute Gasteiger partial charge is 0.341 e. The third kappa shape index (κ3) is 3.70. The standard InChI is InChI=1S/C23H24N6O/c30-22(20-10-4-5-12-24-20)29-15-11-19-18(16-29)21(25-17-8-2-1-3-9-17)27-23(26-19)28-13-6-7-14-28/h1-5,8-10,12H,6-7,11,13-16H2,(H,25,26,27). The maximum atomic E-state index is 12.9. The number of pyridine rings is 1. The number of carbonyl (C=O) groups is 1. The number of anilines is 3. The fourth-order valence-electron chi connectivity index (χ4n) is 4.05. The Morgan fingerprint density at radius 1 is 0.933 bits per heavy atom. The van der Waals surface area contributed by atoms with Crippen LogP contribution in [0.3, 0.4) is 0 Å². The Morgan fingerprint density at radius 2 is 1.73 bits per heavy atom. The molecule has 1 aromatic carbocycles. The third-order valence-electron chi connectivity index (χ3n) is 5.65. The SMILES string of the molecule is O=C(c1ccccn1)N1CCc2nc(N3CCCC3)nc(Nc3ccccc3)c2C1. The minimum Gasteiger partial charge on any atom is -0.341 e. The van der Waals surface area contributed by atoms with E-state index in [1.807, 2.05) is 47.4 Å². The van der Waals surface area contributed by atoms with Gasteiger partial charge in [0, 0.05) is 43.5 Å². The number of para-hydroxylation sites is 1. The fourth-order valence-corrected chi connectivity index (χ4v) is 4.05. The van der Waals surface area contributed by atoms with Crippen LogP contribution in [0.25, 0.3) is 0 Å². The summed E-state index contributed by atoms with van der Waals surface area (Å²) in [7, 11) is 0. The molecule has 3 aromatic rings. The average Bonchev–Trinajstić information content (AvgIpc) is 3.35. The Hall–Kier alpha value is -3.48. The first-order chi connectivity index (χ1) is 14.8. The Kier molecular flexibility index (Phi) is 5.01. The summed E-state index contributed by atoms with van der Waals surface area (Å²) in [6.07, 6.45) is 4.71. The van der Waals surface area contributed by atoms with Gasteiger partial charge in [0.15, 0.2) is 0 Å². The number of nitrogens with one attached hydrogen (secondary N) is 1. The molecule has 0 spiro atoms. The lowest BCUT2D eigenvalue weighted by atomic mass is 10.1. The molecular formula is C23H24N6O. The van der Waals surface area contributed by atoms with Crippen LogP contribution in [0, 0.1) is 0 Å². The van der Waals surface area contributed by atoms with E-state index in [9.17, 15) is 4.79 Å². The zero-order chi connectivity index (χ0) is 20.3. The van der Waals surface area contributed by atoms with Crippen LogP contribution in [-0.4, -0.2) is 45.4 Å². The van der Waals surface area contributed by atoms with Crippen LogP contribution in [0.2, 0.25) is 0 Å². The Bertz CT molecular complexity index is 1030. The van der Waals surface area contributed by atoms with Gasteiger partial charge in [0.25, 0.3) is 5.91 Å². The van der Waals surface area contributed by atoms with E-state index in [4.69, 9.17) is 9.97 Å². The molecule has 7 heteroatoms. The van der Waals surface area contributed by atoms with E-state index >= 15 is 0 Å². The van der Waals surface area contributed by atoms with Crippen LogP contribution in [-0.2, 0) is 13.0 Å². The maximum Gasteiger partial charge on any atom is 0.272 e. The number of aromatic nitrogens is 3. The Labute approximate surface area is 175 Å². The molecule has 0 saturated carbocycles. The molecule has 0 bridgehead atoms. The minimum atomic E-state index is -0.0597. The number of hydrogen-bond donors (Lipinski definition) is 1. The maximum absolute atomic E-state index is 12.9. The van der Waals surface area contributed by atoms with Gasteiger partial charge in [-0.25, -0.2) is 4.98 Å². The van der Waals surface area contributed by atoms with Crippen molar-refractivity contribution in [2.24, 2.45) is 0 Å². The van der Waals surface area contributed by atoms with Gasteiger partial charge in [-0.3, -0.25) is 9.78 Å². The smallest absolute Gasteiger partial charge is 0.272 e. The van der Waals surface area contributed by atoms with Crippen molar-refractivity contribution in [3.05, 3.63) is 71.7 Å². The van der Waals surface area contributed by atoms with E-state index in [-0.39, 0.29) is 5.91 Å². The Balaban J connectivity index is 1.49. The highest BCUT2D eigenvalue weighted by Crippen LogP contribution is 2.30. The van der Waals surface area contributed by atoms with Crippen molar-refractivity contribution in [3.8, 4) is 0 Å². The summed E-state index contributed by atoms with van der Waals surface area (Å²) in [4.78, 5) is 31.0. The Morgan fingerprint density at radius 3 is 2.50 bits per heavy atom. The average molecular weight is 400 g/mol. The number of hydrogen-bond acceptors (Lipinski definition) is 6. The zero-order valence-electron chi connectivity index (χ0n) is 16.8. The van der Waals surface area contributed by atoms with Crippen LogP contribution in [0.4, 0.5) is 17.5 Å². The number of nitrogens with zero attached hydrogens (tertiary/aromatic N) is 5. The molecule has 2 aromatic heterocycles. The van der Waals surface area contributed by atoms with Gasteiger partial charge in [0.1, 0.15) is 11.5 Å². The van der Waals surface area contributed by atoms with Gasteiger partial charge in [0.2, 0.25) is 5.95 Å². The summed E-state index contributed by atoms with van der Waals surface area (Å²) in [6.45, 7) is 3.09. The van der Waals surface area contributed by atoms with Crippen molar-refractivity contribution in [1.29, 1.82) is 0 Å². The van der Waals surface area contributed by atoms with Crippen molar-refractivity contribution in [3.63, 3.8) is 0 Å². The molecule has 1 N–H and O–H groups in total. The first-order valence-electron chi connectivity index (χ1n) is 10.4. The number of fused-ring (bicyclic) bond motifs is 1. The van der Waals surface area contributed by atoms with E-state index in [1.165, 1.54) is 12.8 Å². The van der Waals surface area contributed by atoms with Crippen molar-refractivity contribution in [2.75, 3.05) is 29.9 Å². The van der Waals surface area contributed by atoms with Crippen LogP contribution < -0.4 is 10.2 Å². The van der Waals surface area contributed by atoms with Gasteiger partial charge in [-0.15, -0.1) is 0 Å². The molecule has 7 nitrogen and oxygen atoms in total. The second-order valence-electron chi connectivity index (χ2n) is 7.67. The molecular weight excluding hydrogens is 376 g/mol. The van der Waals surface area contributed by atoms with Crippen LogP contribution >= 0.6 is 0 Å². The van der Waals surface area contributed by atoms with Gasteiger partial charge in [-0.2, -0.15) is 4.98 Å². The van der Waals surface area contributed by atoms with Gasteiger partial charge >= 0.3 is 0 Å². The summed E-state index contributed by atoms with van der Waals surface area (Å²) in [5.74, 6) is 1.51. The molecule has 0 radical (unpaired) electrons. The van der Waals surface area contributed by atoms with Gasteiger partial charge in [-0.1, -0.05) is 24.3 Å². The second-order valence-corrected chi connectivity index (χ2v) is 7.67. The molecule has 30 heavy (non-hydrogen) atoms. The van der Waals surface area contributed by atoms with Crippen LogP contribution in [0.15, 0.2) is 54.7 Å². The van der Waals surface area contributed by atoms with Crippen LogP contribution in [0.1, 0.15) is 34.6 Å². The number of carbonyl (C=O) groups excluding carboxylic acids is 1. The quantitative estimate of drug-likeness (QED) is 0.723. The lowest BCUT2D eigenvalue weighted by molar-refractivity contribution is 0.0728. The molecule has 0 aliphatic carbocycles. The molecule has 5 rings (SSSR count). The molecule has 0 unspecified atom stereocenters. The highest BCUT2D eigenvalue weighted by atomic mass is 16.2. The first kappa shape index (κ1) is 18.5. The summed E-state index contributed by atoms with van der Waals surface area (Å²) in [6, 6.07) is 15.4. The van der Waals surface area contributed by atoms with E-state index in [1.54, 1.807) is 12.3 Å². The second kappa shape index (κ2) is 8.10. The molecule has 2 aliphatic heterocycles. The van der Waals surface area contributed by atoms with Crippen molar-refractivity contribution >= 4 is 23.4 Å². The molecule has 152 valence electrons. The lowest BCUT2D eigenvalue weighted by Crippen LogP contribution is -2.37. The predicted octanol–water partition coefficient (Wildman–Crippen LogP) is 3.41. The third-order valence-corrected chi connectivity index (χ3v) is 5.65. The van der Waals surface area contributed by atoms with Gasteiger partial charge < -0.3 is 15.1 Å². The highest BCUT2D eigenvalue weighted by molar-refractivity contribution is 5.92. The zero-order valence-corrected chi connectivity index (χ0v) is 16.8. The van der Waals surface area contributed by atoms with E-state index in [0.29, 0.717) is 25.2 Å². The normalized spacial score (nSPS) is 15.7. The van der Waals surface area contributed by atoms with E-state index < -0.39 is 0 Å². The topological polar surface area (TPSA) is 74.2 Å². The molecule has 0 atom stereocenters. The highest BCUT2D eigenvalue weighted by Gasteiger charge is 2.28. The van der Waals surface area contributed by atoms with Crippen molar-refractivity contribution < 1.29 is 4.79 Å². The summed E-state index contributed by atoms with van der Waals surface area (Å²) >= 11 is 0. The monoisotopic (exact) mass is 400 g/mol. The lowest BCUT2D eigenvalue weighted by Gasteiger charge is -2.30. The molecule has 1 fully saturated rings. The van der Waals surface area contributed by atoms with E-state index in [2.05, 4.69) is 15.2 Å². The van der Waals surface area contributed by atoms with Crippen molar-refractivity contribution in [1.82, 2.24) is 19.9 Å².